The first-order valence-corrected chi connectivity index (χ1v) is 15.6. The summed E-state index contributed by atoms with van der Waals surface area (Å²) in [6, 6.07) is 4.34. The average Bonchev–Trinajstić information content (AvgIpc) is 3.32. The Kier molecular flexibility index (Phi) is 10.3. The lowest BCUT2D eigenvalue weighted by Gasteiger charge is -2.38. The third kappa shape index (κ3) is 7.11. The molecule has 0 unspecified atom stereocenters. The molecule has 4 rings (SSSR count). The van der Waals surface area contributed by atoms with E-state index in [1.54, 1.807) is 43.9 Å². The molecule has 3 atom stereocenters. The van der Waals surface area contributed by atoms with Crippen molar-refractivity contribution in [1.29, 1.82) is 0 Å². The number of nitrogens with zero attached hydrogens (tertiary/aromatic N) is 4. The molecule has 0 radical (unpaired) electrons. The number of rotatable bonds is 10. The predicted molar refractivity (Wildman–Crippen MR) is 154 cm³/mol. The maximum Gasteiger partial charge on any atom is 0.258 e. The number of aliphatic hydroxyl groups excluding tert-OH is 1. The number of fused-ring (bicyclic) bond motifs is 1. The van der Waals surface area contributed by atoms with Gasteiger partial charge in [0.1, 0.15) is 22.4 Å². The number of sulfonamides is 1. The molecule has 1 aromatic heterocycles. The van der Waals surface area contributed by atoms with Crippen molar-refractivity contribution in [1.82, 2.24) is 19.3 Å². The smallest absolute Gasteiger partial charge is 0.258 e. The van der Waals surface area contributed by atoms with Crippen molar-refractivity contribution in [3.63, 3.8) is 0 Å². The monoisotopic (exact) mass is 607 g/mol. The minimum absolute atomic E-state index is 0.0113. The number of aromatic nitrogens is 1. The lowest BCUT2D eigenvalue weighted by Crippen LogP contribution is -2.50. The third-order valence-electron chi connectivity index (χ3n) is 7.78. The summed E-state index contributed by atoms with van der Waals surface area (Å²) in [4.78, 5) is 30.1. The molecule has 13 nitrogen and oxygen atoms in total. The second-order valence-electron chi connectivity index (χ2n) is 11.0. The molecule has 3 heterocycles. The Labute approximate surface area is 246 Å². The Balaban J connectivity index is 1.57. The Morgan fingerprint density at radius 2 is 1.98 bits per heavy atom. The number of hydrogen-bond acceptors (Lipinski definition) is 10. The summed E-state index contributed by atoms with van der Waals surface area (Å²) in [6.07, 6.45) is -0.347. The molecule has 1 saturated heterocycles. The van der Waals surface area contributed by atoms with Crippen molar-refractivity contribution in [3.05, 3.63) is 35.2 Å². The van der Waals surface area contributed by atoms with Crippen molar-refractivity contribution >= 4 is 27.5 Å². The van der Waals surface area contributed by atoms with E-state index < -0.39 is 22.2 Å². The Morgan fingerprint density at radius 1 is 1.26 bits per heavy atom. The molecule has 2 aliphatic rings. The van der Waals surface area contributed by atoms with Crippen molar-refractivity contribution in [2.24, 2.45) is 5.92 Å². The highest BCUT2D eigenvalue weighted by Crippen LogP contribution is 2.32. The number of nitrogens with one attached hydrogen (secondary N) is 1. The Hall–Kier alpha value is -3.04. The number of ether oxygens (including phenoxy) is 2. The standard InChI is InChI=1S/C28H41N5O8S/c1-18-15-33(19(2)17-34)28(36)23-14-22(29-26(35)8-9-32-10-12-39-13-11-32)6-7-24(23)40-25(18)16-31(5)42(37,38)27-20(3)30-41-21(27)4/h6-7,14,18-19,25,34H,8-13,15-17H2,1-5H3,(H,29,35)/t18-,19-,25-/m1/s1. The molecule has 2 aromatic rings. The zero-order valence-electron chi connectivity index (χ0n) is 24.8. The van der Waals surface area contributed by atoms with E-state index >= 15 is 0 Å². The fraction of sp³-hybridized carbons (Fsp3) is 0.607. The van der Waals surface area contributed by atoms with Gasteiger partial charge in [0, 0.05) is 51.3 Å². The summed E-state index contributed by atoms with van der Waals surface area (Å²) in [6.45, 7) is 10.2. The topological polar surface area (TPSA) is 155 Å². The zero-order chi connectivity index (χ0) is 30.6. The van der Waals surface area contributed by atoms with Gasteiger partial charge in [-0.2, -0.15) is 4.31 Å². The van der Waals surface area contributed by atoms with Crippen LogP contribution in [0.1, 0.15) is 42.1 Å². The second-order valence-corrected chi connectivity index (χ2v) is 13.0. The molecule has 0 saturated carbocycles. The van der Waals surface area contributed by atoms with Crippen molar-refractivity contribution in [2.45, 2.75) is 51.2 Å². The summed E-state index contributed by atoms with van der Waals surface area (Å²) < 4.78 is 44.8. The molecule has 42 heavy (non-hydrogen) atoms. The van der Waals surface area contributed by atoms with Gasteiger partial charge in [-0.25, -0.2) is 8.42 Å². The van der Waals surface area contributed by atoms with Crippen molar-refractivity contribution in [3.8, 4) is 5.75 Å². The largest absolute Gasteiger partial charge is 0.488 e. The average molecular weight is 608 g/mol. The highest BCUT2D eigenvalue weighted by molar-refractivity contribution is 7.89. The molecule has 14 heteroatoms. The van der Waals surface area contributed by atoms with Gasteiger partial charge in [0.25, 0.3) is 5.91 Å². The summed E-state index contributed by atoms with van der Waals surface area (Å²) in [5, 5.41) is 16.6. The van der Waals surface area contributed by atoms with Gasteiger partial charge < -0.3 is 29.3 Å². The van der Waals surface area contributed by atoms with Crippen molar-refractivity contribution in [2.75, 3.05) is 64.9 Å². The van der Waals surface area contributed by atoms with Gasteiger partial charge in [-0.3, -0.25) is 14.5 Å². The van der Waals surface area contributed by atoms with E-state index in [1.807, 2.05) is 6.92 Å². The lowest BCUT2D eigenvalue weighted by molar-refractivity contribution is -0.116. The molecule has 232 valence electrons. The number of benzene rings is 1. The van der Waals surface area contributed by atoms with Gasteiger partial charge in [-0.05, 0) is 39.0 Å². The SMILES string of the molecule is Cc1noc(C)c1S(=O)(=O)N(C)C[C@H]1Oc2ccc(NC(=O)CCN3CCOCC3)cc2C(=O)N([C@H](C)CO)C[C@H]1C. The fourth-order valence-corrected chi connectivity index (χ4v) is 6.64. The van der Waals surface area contributed by atoms with E-state index in [1.165, 1.54) is 11.4 Å². The number of amides is 2. The van der Waals surface area contributed by atoms with Crippen LogP contribution in [0.4, 0.5) is 5.69 Å². The van der Waals surface area contributed by atoms with Crippen LogP contribution in [-0.4, -0.2) is 116 Å². The summed E-state index contributed by atoms with van der Waals surface area (Å²) in [5.41, 5.74) is 0.927. The second kappa shape index (κ2) is 13.5. The highest BCUT2D eigenvalue weighted by atomic mass is 32.2. The summed E-state index contributed by atoms with van der Waals surface area (Å²) in [5.74, 6) is -0.361. The van der Waals surface area contributed by atoms with Crippen LogP contribution in [-0.2, 0) is 19.6 Å². The number of anilines is 1. The molecule has 1 aromatic carbocycles. The van der Waals surface area contributed by atoms with Crippen LogP contribution in [0, 0.1) is 19.8 Å². The summed E-state index contributed by atoms with van der Waals surface area (Å²) in [7, 11) is -2.47. The van der Waals surface area contributed by atoms with E-state index in [2.05, 4.69) is 15.4 Å². The Morgan fingerprint density at radius 3 is 2.62 bits per heavy atom. The van der Waals surface area contributed by atoms with Crippen LogP contribution in [0.3, 0.4) is 0 Å². The molecule has 0 aliphatic carbocycles. The van der Waals surface area contributed by atoms with Crippen LogP contribution < -0.4 is 10.1 Å². The first-order valence-electron chi connectivity index (χ1n) is 14.1. The maximum atomic E-state index is 13.7. The number of carbonyl (C=O) groups excluding carboxylic acids is 2. The minimum Gasteiger partial charge on any atom is -0.488 e. The number of aliphatic hydroxyl groups is 1. The molecule has 2 amide bonds. The van der Waals surface area contributed by atoms with Gasteiger partial charge >= 0.3 is 0 Å². The van der Waals surface area contributed by atoms with E-state index in [9.17, 15) is 23.1 Å². The molecule has 2 N–H and O–H groups in total. The molecule has 0 bridgehead atoms. The first kappa shape index (κ1) is 31.9. The highest BCUT2D eigenvalue weighted by Gasteiger charge is 2.36. The molecular formula is C28H41N5O8S. The quantitative estimate of drug-likeness (QED) is 0.406. The van der Waals surface area contributed by atoms with Crippen LogP contribution in [0.15, 0.2) is 27.6 Å². The Bertz CT molecular complexity index is 1350. The van der Waals surface area contributed by atoms with Crippen LogP contribution in [0.5, 0.6) is 5.75 Å². The van der Waals surface area contributed by atoms with E-state index in [0.717, 1.165) is 13.1 Å². The van der Waals surface area contributed by atoms with Crippen LogP contribution >= 0.6 is 0 Å². The van der Waals surface area contributed by atoms with Gasteiger partial charge in [-0.1, -0.05) is 12.1 Å². The lowest BCUT2D eigenvalue weighted by atomic mass is 9.99. The van der Waals surface area contributed by atoms with E-state index in [0.29, 0.717) is 31.9 Å². The number of likely N-dealkylation sites (N-methyl/N-ethyl adjacent to an activating group) is 1. The van der Waals surface area contributed by atoms with Gasteiger partial charge in [0.15, 0.2) is 5.76 Å². The number of morpholine rings is 1. The van der Waals surface area contributed by atoms with Gasteiger partial charge in [0.2, 0.25) is 15.9 Å². The first-order chi connectivity index (χ1) is 19.9. The number of aryl methyl sites for hydroxylation is 2. The third-order valence-corrected chi connectivity index (χ3v) is 9.85. The molecule has 0 spiro atoms. The van der Waals surface area contributed by atoms with Crippen molar-refractivity contribution < 1.29 is 37.1 Å². The minimum atomic E-state index is -3.94. The molecular weight excluding hydrogens is 566 g/mol. The zero-order valence-corrected chi connectivity index (χ0v) is 25.6. The van der Waals surface area contributed by atoms with Gasteiger partial charge in [-0.15, -0.1) is 0 Å². The summed E-state index contributed by atoms with van der Waals surface area (Å²) >= 11 is 0. The normalized spacial score (nSPS) is 20.9. The molecule has 1 fully saturated rings. The van der Waals surface area contributed by atoms with Crippen LogP contribution in [0.2, 0.25) is 0 Å². The predicted octanol–water partition coefficient (Wildman–Crippen LogP) is 1.49. The molecule has 2 aliphatic heterocycles. The van der Waals surface area contributed by atoms with Gasteiger partial charge in [0.05, 0.1) is 38.0 Å². The van der Waals surface area contributed by atoms with E-state index in [4.69, 9.17) is 14.0 Å². The van der Waals surface area contributed by atoms with Crippen LogP contribution in [0.25, 0.3) is 0 Å². The van der Waals surface area contributed by atoms with E-state index in [-0.39, 0.29) is 65.1 Å². The maximum absolute atomic E-state index is 13.7. The number of carbonyl (C=O) groups is 2. The fourth-order valence-electron chi connectivity index (χ4n) is 5.18. The number of hydrogen-bond donors (Lipinski definition) is 2.